The molecular formula is C14H16ClN3O2. The van der Waals surface area contributed by atoms with Crippen LogP contribution in [0.2, 0.25) is 5.02 Å². The first-order valence-corrected chi connectivity index (χ1v) is 6.68. The van der Waals surface area contributed by atoms with Gasteiger partial charge in [-0.1, -0.05) is 23.7 Å². The molecule has 0 bridgehead atoms. The maximum absolute atomic E-state index is 11.0. The summed E-state index contributed by atoms with van der Waals surface area (Å²) in [6.45, 7) is 0.655. The molecular weight excluding hydrogens is 278 g/mol. The molecule has 106 valence electrons. The molecule has 3 N–H and O–H groups in total. The number of halogens is 1. The Hall–Kier alpha value is -1.85. The highest BCUT2D eigenvalue weighted by Crippen LogP contribution is 2.13. The quantitative estimate of drug-likeness (QED) is 0.850. The number of nitrogens with zero attached hydrogens (tertiary/aromatic N) is 2. The zero-order chi connectivity index (χ0) is 14.5. The fraction of sp³-hybridized carbons (Fsp3) is 0.286. The standard InChI is InChI=1S/C14H16ClN3O2/c15-11-5-3-10(4-6-11)2-1-8-18-9-7-17-14(18)12(19)13(16)20/h3-7,9,12,19H,1-2,8H2,(H2,16,20). The van der Waals surface area contributed by atoms with Crippen molar-refractivity contribution in [2.45, 2.75) is 25.5 Å². The Morgan fingerprint density at radius 3 is 2.75 bits per heavy atom. The normalized spacial score (nSPS) is 12.3. The van der Waals surface area contributed by atoms with Crippen molar-refractivity contribution in [3.05, 3.63) is 53.1 Å². The van der Waals surface area contributed by atoms with Gasteiger partial charge in [-0.25, -0.2) is 4.98 Å². The number of aryl methyl sites for hydroxylation is 2. The Kier molecular flexibility index (Phi) is 4.76. The number of hydrogen-bond acceptors (Lipinski definition) is 3. The van der Waals surface area contributed by atoms with Gasteiger partial charge in [-0.05, 0) is 30.5 Å². The Balaban J connectivity index is 1.93. The van der Waals surface area contributed by atoms with Gasteiger partial charge in [-0.15, -0.1) is 0 Å². The molecule has 6 heteroatoms. The molecule has 0 aliphatic rings. The van der Waals surface area contributed by atoms with Crippen LogP contribution in [-0.4, -0.2) is 20.6 Å². The van der Waals surface area contributed by atoms with E-state index < -0.39 is 12.0 Å². The Bertz CT molecular complexity index is 580. The zero-order valence-electron chi connectivity index (χ0n) is 10.9. The van der Waals surface area contributed by atoms with Crippen LogP contribution >= 0.6 is 11.6 Å². The second-order valence-corrected chi connectivity index (χ2v) is 4.95. The van der Waals surface area contributed by atoms with E-state index in [1.165, 1.54) is 5.56 Å². The maximum Gasteiger partial charge on any atom is 0.254 e. The second kappa shape index (κ2) is 6.54. The van der Waals surface area contributed by atoms with Gasteiger partial charge in [0.05, 0.1) is 0 Å². The molecule has 5 nitrogen and oxygen atoms in total. The third-order valence-electron chi connectivity index (χ3n) is 3.04. The van der Waals surface area contributed by atoms with Crippen LogP contribution in [-0.2, 0) is 17.8 Å². The van der Waals surface area contributed by atoms with Crippen LogP contribution < -0.4 is 5.73 Å². The zero-order valence-corrected chi connectivity index (χ0v) is 11.6. The first-order valence-electron chi connectivity index (χ1n) is 6.31. The Labute approximate surface area is 122 Å². The van der Waals surface area contributed by atoms with Crippen LogP contribution in [0.25, 0.3) is 0 Å². The average Bonchev–Trinajstić information content (AvgIpc) is 2.88. The number of primary amides is 1. The molecule has 0 saturated carbocycles. The summed E-state index contributed by atoms with van der Waals surface area (Å²) < 4.78 is 1.74. The molecule has 0 spiro atoms. The molecule has 2 rings (SSSR count). The Morgan fingerprint density at radius 1 is 1.40 bits per heavy atom. The summed E-state index contributed by atoms with van der Waals surface area (Å²) in [6, 6.07) is 7.68. The van der Waals surface area contributed by atoms with E-state index >= 15 is 0 Å². The van der Waals surface area contributed by atoms with Crippen LogP contribution in [0.4, 0.5) is 0 Å². The number of carbonyl (C=O) groups excluding carboxylic acids is 1. The van der Waals surface area contributed by atoms with Crippen molar-refractivity contribution in [1.82, 2.24) is 9.55 Å². The predicted molar refractivity (Wildman–Crippen MR) is 76.2 cm³/mol. The van der Waals surface area contributed by atoms with E-state index in [0.29, 0.717) is 6.54 Å². The number of rotatable bonds is 6. The third-order valence-corrected chi connectivity index (χ3v) is 3.29. The fourth-order valence-corrected chi connectivity index (χ4v) is 2.12. The maximum atomic E-state index is 11.0. The second-order valence-electron chi connectivity index (χ2n) is 4.51. The van der Waals surface area contributed by atoms with Crippen molar-refractivity contribution >= 4 is 17.5 Å². The third kappa shape index (κ3) is 3.59. The van der Waals surface area contributed by atoms with E-state index in [2.05, 4.69) is 4.98 Å². The number of nitrogens with two attached hydrogens (primary N) is 1. The van der Waals surface area contributed by atoms with E-state index in [-0.39, 0.29) is 5.82 Å². The number of carbonyl (C=O) groups is 1. The summed E-state index contributed by atoms with van der Waals surface area (Å²) in [5, 5.41) is 10.4. The lowest BCUT2D eigenvalue weighted by Crippen LogP contribution is -2.24. The molecule has 0 aliphatic carbocycles. The number of amides is 1. The van der Waals surface area contributed by atoms with Crippen molar-refractivity contribution in [3.8, 4) is 0 Å². The lowest BCUT2D eigenvalue weighted by atomic mass is 10.1. The summed E-state index contributed by atoms with van der Waals surface area (Å²) in [5.74, 6) is -0.510. The highest BCUT2D eigenvalue weighted by molar-refractivity contribution is 6.30. The fourth-order valence-electron chi connectivity index (χ4n) is 1.99. The van der Waals surface area contributed by atoms with Gasteiger partial charge in [0.25, 0.3) is 5.91 Å². The van der Waals surface area contributed by atoms with E-state index in [1.54, 1.807) is 17.0 Å². The molecule has 1 unspecified atom stereocenters. The molecule has 0 saturated heterocycles. The Morgan fingerprint density at radius 2 is 2.10 bits per heavy atom. The molecule has 0 fully saturated rings. The van der Waals surface area contributed by atoms with Gasteiger partial charge in [-0.3, -0.25) is 4.79 Å². The van der Waals surface area contributed by atoms with Gasteiger partial charge in [0.2, 0.25) is 0 Å². The van der Waals surface area contributed by atoms with Crippen molar-refractivity contribution in [3.63, 3.8) is 0 Å². The minimum atomic E-state index is -1.36. The molecule has 1 aromatic carbocycles. The first-order chi connectivity index (χ1) is 9.58. The number of aromatic nitrogens is 2. The van der Waals surface area contributed by atoms with Crippen molar-refractivity contribution in [2.24, 2.45) is 5.73 Å². The minimum absolute atomic E-state index is 0.286. The SMILES string of the molecule is NC(=O)C(O)c1nccn1CCCc1ccc(Cl)cc1. The van der Waals surface area contributed by atoms with Gasteiger partial charge in [-0.2, -0.15) is 0 Å². The average molecular weight is 294 g/mol. The summed E-state index contributed by atoms with van der Waals surface area (Å²) in [6.07, 6.45) is 3.64. The molecule has 2 aromatic rings. The highest BCUT2D eigenvalue weighted by atomic mass is 35.5. The number of hydrogen-bond donors (Lipinski definition) is 2. The van der Waals surface area contributed by atoms with Crippen molar-refractivity contribution in [1.29, 1.82) is 0 Å². The van der Waals surface area contributed by atoms with Gasteiger partial charge in [0.1, 0.15) is 5.82 Å². The minimum Gasteiger partial charge on any atom is -0.376 e. The number of benzene rings is 1. The predicted octanol–water partition coefficient (Wildman–Crippen LogP) is 1.69. The van der Waals surface area contributed by atoms with E-state index in [0.717, 1.165) is 17.9 Å². The lowest BCUT2D eigenvalue weighted by Gasteiger charge is -2.10. The van der Waals surface area contributed by atoms with Crippen molar-refractivity contribution < 1.29 is 9.90 Å². The van der Waals surface area contributed by atoms with Crippen LogP contribution in [0, 0.1) is 0 Å². The monoisotopic (exact) mass is 293 g/mol. The van der Waals surface area contributed by atoms with Gasteiger partial charge in [0, 0.05) is 24.0 Å². The van der Waals surface area contributed by atoms with E-state index in [4.69, 9.17) is 17.3 Å². The molecule has 0 radical (unpaired) electrons. The lowest BCUT2D eigenvalue weighted by molar-refractivity contribution is -0.126. The molecule has 20 heavy (non-hydrogen) atoms. The molecule has 1 heterocycles. The summed E-state index contributed by atoms with van der Waals surface area (Å²) >= 11 is 5.83. The summed E-state index contributed by atoms with van der Waals surface area (Å²) in [4.78, 5) is 15.0. The molecule has 1 aromatic heterocycles. The van der Waals surface area contributed by atoms with E-state index in [9.17, 15) is 9.90 Å². The molecule has 1 amide bonds. The van der Waals surface area contributed by atoms with Crippen LogP contribution in [0.15, 0.2) is 36.7 Å². The van der Waals surface area contributed by atoms with Crippen LogP contribution in [0.3, 0.4) is 0 Å². The number of aliphatic hydroxyl groups is 1. The number of imidazole rings is 1. The van der Waals surface area contributed by atoms with Crippen LogP contribution in [0.1, 0.15) is 23.9 Å². The van der Waals surface area contributed by atoms with Gasteiger partial charge in [0.15, 0.2) is 6.10 Å². The van der Waals surface area contributed by atoms with Crippen LogP contribution in [0.5, 0.6) is 0 Å². The molecule has 0 aliphatic heterocycles. The summed E-state index contributed by atoms with van der Waals surface area (Å²) in [5.41, 5.74) is 6.26. The summed E-state index contributed by atoms with van der Waals surface area (Å²) in [7, 11) is 0. The highest BCUT2D eigenvalue weighted by Gasteiger charge is 2.18. The smallest absolute Gasteiger partial charge is 0.254 e. The molecule has 1 atom stereocenters. The number of aliphatic hydroxyl groups excluding tert-OH is 1. The topological polar surface area (TPSA) is 81.1 Å². The van der Waals surface area contributed by atoms with Crippen molar-refractivity contribution in [2.75, 3.05) is 0 Å². The van der Waals surface area contributed by atoms with E-state index in [1.807, 2.05) is 24.3 Å². The largest absolute Gasteiger partial charge is 0.376 e. The van der Waals surface area contributed by atoms with Gasteiger partial charge >= 0.3 is 0 Å². The first kappa shape index (κ1) is 14.6. The van der Waals surface area contributed by atoms with Gasteiger partial charge < -0.3 is 15.4 Å².